The number of hydrogen-bond acceptors (Lipinski definition) is 6. The first-order chi connectivity index (χ1) is 20.7. The minimum Gasteiger partial charge on any atom is -0.427 e. The average Bonchev–Trinajstić information content (AvgIpc) is 3.67. The lowest BCUT2D eigenvalue weighted by atomic mass is 9.94. The summed E-state index contributed by atoms with van der Waals surface area (Å²) >= 11 is 0. The number of rotatable bonds is 10. The highest BCUT2D eigenvalue weighted by Gasteiger charge is 2.58. The molecule has 1 spiro atoms. The number of aryl methyl sites for hydroxylation is 1. The normalized spacial score (nSPS) is 21.0. The monoisotopic (exact) mass is 618 g/mol. The van der Waals surface area contributed by atoms with Crippen LogP contribution in [-0.2, 0) is 37.7 Å². The smallest absolute Gasteiger partial charge is 0.418 e. The molecule has 1 saturated carbocycles. The molecule has 0 bridgehead atoms. The number of imide groups is 1. The predicted octanol–water partition coefficient (Wildman–Crippen LogP) is 4.63. The van der Waals surface area contributed by atoms with Gasteiger partial charge in [0.1, 0.15) is 11.9 Å². The van der Waals surface area contributed by atoms with Gasteiger partial charge in [-0.25, -0.2) is 14.1 Å². The Hall–Kier alpha value is -4.00. The lowest BCUT2D eigenvalue weighted by Crippen LogP contribution is -2.50. The third kappa shape index (κ3) is 6.15. The molecule has 1 unspecified atom stereocenters. The number of nitrogens with one attached hydrogen (secondary N) is 1. The van der Waals surface area contributed by atoms with Crippen LogP contribution in [0.3, 0.4) is 0 Å². The van der Waals surface area contributed by atoms with Crippen molar-refractivity contribution in [3.63, 3.8) is 0 Å². The van der Waals surface area contributed by atoms with Crippen LogP contribution in [-0.4, -0.2) is 58.4 Å². The van der Waals surface area contributed by atoms with Gasteiger partial charge in [0.05, 0.1) is 6.04 Å². The molecule has 2 fully saturated rings. The summed E-state index contributed by atoms with van der Waals surface area (Å²) < 4.78 is 61.4. The topological polar surface area (TPSA) is 122 Å². The maximum atomic E-state index is 14.1. The molecule has 44 heavy (non-hydrogen) atoms. The van der Waals surface area contributed by atoms with Crippen molar-refractivity contribution in [2.24, 2.45) is 17.6 Å². The van der Waals surface area contributed by atoms with E-state index >= 15 is 0 Å². The molecular formula is C31H34F4N4O5. The Kier molecular flexibility index (Phi) is 8.45. The zero-order valence-corrected chi connectivity index (χ0v) is 24.3. The van der Waals surface area contributed by atoms with Crippen LogP contribution in [0.25, 0.3) is 0 Å². The van der Waals surface area contributed by atoms with Gasteiger partial charge >= 0.3 is 12.3 Å². The highest BCUT2D eigenvalue weighted by molar-refractivity contribution is 6.04. The SMILES string of the molecule is CC(C)[C@H](N)C(=O)Nc1ccc2c(c1)CCC21OC(=O)N(CCC(=O)N(Cc2ccc(F)cc2)[C@H](C2CC2)C(F)(F)F)C1=O. The van der Waals surface area contributed by atoms with Gasteiger partial charge in [-0.2, -0.15) is 13.2 Å². The Bertz CT molecular complexity index is 1460. The number of carbonyl (C=O) groups is 4. The molecule has 5 rings (SSSR count). The number of carbonyl (C=O) groups excluding carboxylic acids is 4. The maximum Gasteiger partial charge on any atom is 0.418 e. The lowest BCUT2D eigenvalue weighted by molar-refractivity contribution is -0.196. The van der Waals surface area contributed by atoms with Crippen molar-refractivity contribution in [1.82, 2.24) is 9.80 Å². The van der Waals surface area contributed by atoms with Crippen LogP contribution >= 0.6 is 0 Å². The molecule has 2 aromatic rings. The summed E-state index contributed by atoms with van der Waals surface area (Å²) in [6.07, 6.45) is -5.12. The molecule has 3 atom stereocenters. The second kappa shape index (κ2) is 11.8. The second-order valence-electron chi connectivity index (χ2n) is 12.0. The minimum absolute atomic E-state index is 0.0795. The quantitative estimate of drug-likeness (QED) is 0.375. The third-order valence-corrected chi connectivity index (χ3v) is 8.52. The van der Waals surface area contributed by atoms with E-state index in [1.807, 2.05) is 13.8 Å². The van der Waals surface area contributed by atoms with Crippen LogP contribution in [0.2, 0.25) is 0 Å². The van der Waals surface area contributed by atoms with E-state index in [9.17, 15) is 36.7 Å². The van der Waals surface area contributed by atoms with Gasteiger partial charge in [0.15, 0.2) is 0 Å². The summed E-state index contributed by atoms with van der Waals surface area (Å²) in [7, 11) is 0. The van der Waals surface area contributed by atoms with Gasteiger partial charge in [-0.15, -0.1) is 0 Å². The molecule has 2 aromatic carbocycles. The summed E-state index contributed by atoms with van der Waals surface area (Å²) in [5, 5.41) is 2.75. The molecule has 1 heterocycles. The number of hydrogen-bond donors (Lipinski definition) is 2. The van der Waals surface area contributed by atoms with Gasteiger partial charge in [-0.05, 0) is 66.5 Å². The Balaban J connectivity index is 1.31. The summed E-state index contributed by atoms with van der Waals surface area (Å²) in [6, 6.07) is 6.93. The van der Waals surface area contributed by atoms with Crippen molar-refractivity contribution in [3.8, 4) is 0 Å². The molecule has 236 valence electrons. The number of benzene rings is 2. The first-order valence-corrected chi connectivity index (χ1v) is 14.6. The maximum absolute atomic E-state index is 14.1. The molecule has 3 N–H and O–H groups in total. The van der Waals surface area contributed by atoms with Crippen LogP contribution in [0, 0.1) is 17.7 Å². The largest absolute Gasteiger partial charge is 0.427 e. The van der Waals surface area contributed by atoms with E-state index in [0.717, 1.165) is 21.9 Å². The van der Waals surface area contributed by atoms with Gasteiger partial charge < -0.3 is 20.7 Å². The third-order valence-electron chi connectivity index (χ3n) is 8.52. The first kappa shape index (κ1) is 31.4. The van der Waals surface area contributed by atoms with Crippen LogP contribution in [0.5, 0.6) is 0 Å². The fraction of sp³-hybridized carbons (Fsp3) is 0.484. The fourth-order valence-electron chi connectivity index (χ4n) is 5.91. The summed E-state index contributed by atoms with van der Waals surface area (Å²) in [5.41, 5.74) is 6.20. The van der Waals surface area contributed by atoms with Crippen molar-refractivity contribution in [1.29, 1.82) is 0 Å². The number of nitrogens with two attached hydrogens (primary N) is 1. The van der Waals surface area contributed by atoms with E-state index in [2.05, 4.69) is 5.32 Å². The van der Waals surface area contributed by atoms with Gasteiger partial charge in [0.2, 0.25) is 17.4 Å². The van der Waals surface area contributed by atoms with Crippen molar-refractivity contribution in [3.05, 3.63) is 65.0 Å². The lowest BCUT2D eigenvalue weighted by Gasteiger charge is -2.34. The molecular weight excluding hydrogens is 584 g/mol. The average molecular weight is 619 g/mol. The van der Waals surface area contributed by atoms with Crippen molar-refractivity contribution in [2.75, 3.05) is 11.9 Å². The van der Waals surface area contributed by atoms with E-state index in [0.29, 0.717) is 41.6 Å². The number of amides is 4. The highest BCUT2D eigenvalue weighted by atomic mass is 19.4. The Morgan fingerprint density at radius 3 is 2.43 bits per heavy atom. The summed E-state index contributed by atoms with van der Waals surface area (Å²) in [6.45, 7) is 2.77. The molecule has 0 radical (unpaired) electrons. The number of halogens is 4. The van der Waals surface area contributed by atoms with E-state index in [4.69, 9.17) is 10.5 Å². The Labute approximate surface area is 251 Å². The predicted molar refractivity (Wildman–Crippen MR) is 150 cm³/mol. The van der Waals surface area contributed by atoms with E-state index in [1.165, 1.54) is 12.1 Å². The van der Waals surface area contributed by atoms with Crippen molar-refractivity contribution >= 4 is 29.5 Å². The Morgan fingerprint density at radius 1 is 1.14 bits per heavy atom. The second-order valence-corrected chi connectivity index (χ2v) is 12.0. The fourth-order valence-corrected chi connectivity index (χ4v) is 5.91. The number of nitrogens with zero attached hydrogens (tertiary/aromatic N) is 2. The van der Waals surface area contributed by atoms with Crippen LogP contribution in [0.4, 0.5) is 28.0 Å². The number of alkyl halides is 3. The minimum atomic E-state index is -4.70. The van der Waals surface area contributed by atoms with Crippen LogP contribution < -0.4 is 11.1 Å². The zero-order valence-electron chi connectivity index (χ0n) is 24.3. The van der Waals surface area contributed by atoms with E-state index < -0.39 is 73.0 Å². The molecule has 13 heteroatoms. The molecule has 1 saturated heterocycles. The Morgan fingerprint density at radius 2 is 1.82 bits per heavy atom. The van der Waals surface area contributed by atoms with Crippen LogP contribution in [0.15, 0.2) is 42.5 Å². The molecule has 3 aliphatic rings. The van der Waals surface area contributed by atoms with E-state index in [1.54, 1.807) is 18.2 Å². The van der Waals surface area contributed by atoms with Crippen molar-refractivity contribution in [2.45, 2.75) is 76.4 Å². The molecule has 2 aliphatic carbocycles. The molecule has 4 amide bonds. The zero-order chi connectivity index (χ0) is 32.0. The first-order valence-electron chi connectivity index (χ1n) is 14.6. The number of anilines is 1. The van der Waals surface area contributed by atoms with Gasteiger partial charge in [-0.3, -0.25) is 14.4 Å². The van der Waals surface area contributed by atoms with Gasteiger partial charge in [0, 0.05) is 37.2 Å². The molecule has 9 nitrogen and oxygen atoms in total. The van der Waals surface area contributed by atoms with Gasteiger partial charge in [-0.1, -0.05) is 32.0 Å². The molecule has 1 aliphatic heterocycles. The van der Waals surface area contributed by atoms with Crippen LogP contribution in [0.1, 0.15) is 56.2 Å². The van der Waals surface area contributed by atoms with E-state index in [-0.39, 0.29) is 18.2 Å². The molecule has 0 aromatic heterocycles. The number of ether oxygens (including phenoxy) is 1. The summed E-state index contributed by atoms with van der Waals surface area (Å²) in [5.74, 6) is -3.36. The standard InChI is InChI=1S/C31H34F4N4O5/c1-17(2)25(36)27(41)37-22-9-10-23-20(15-22)11-13-30(23)28(42)38(29(43)44-30)14-12-24(40)39(16-18-3-7-21(32)8-4-18)26(19-5-6-19)31(33,34)35/h3-4,7-10,15,17,19,25-26H,5-6,11-14,16,36H2,1-2H3,(H,37,41)/t25-,26+,30?/m0/s1. The highest BCUT2D eigenvalue weighted by Crippen LogP contribution is 2.47. The summed E-state index contributed by atoms with van der Waals surface area (Å²) in [4.78, 5) is 53.7. The van der Waals surface area contributed by atoms with Gasteiger partial charge in [0.25, 0.3) is 5.91 Å². The number of fused-ring (bicyclic) bond motifs is 2. The van der Waals surface area contributed by atoms with Crippen molar-refractivity contribution < 1.29 is 41.5 Å².